The highest BCUT2D eigenvalue weighted by Gasteiger charge is 2.32. The highest BCUT2D eigenvalue weighted by Crippen LogP contribution is 2.34. The summed E-state index contributed by atoms with van der Waals surface area (Å²) < 4.78 is 15.5. The maximum Gasteiger partial charge on any atom is 0.155 e. The second kappa shape index (κ2) is 7.98. The number of piperidine rings is 2. The molecule has 0 amide bonds. The Balaban J connectivity index is 1.45. The molecule has 2 aliphatic heterocycles. The topological polar surface area (TPSA) is 58.4 Å². The molecule has 1 N–H and O–H groups in total. The SMILES string of the molecule is Fc1ccc(-c2nc3ccc(N4CC[C@@H]5CNCC[C@@H]5C4)nn3c2-c2ccncc2)cc1. The number of imidazole rings is 1. The quantitative estimate of drug-likeness (QED) is 0.534. The first-order valence-electron chi connectivity index (χ1n) is 11.3. The number of hydrogen-bond acceptors (Lipinski definition) is 5. The second-order valence-electron chi connectivity index (χ2n) is 8.76. The van der Waals surface area contributed by atoms with E-state index in [1.807, 2.05) is 22.7 Å². The lowest BCUT2D eigenvalue weighted by Gasteiger charge is -2.41. The number of rotatable bonds is 3. The molecule has 2 saturated heterocycles. The van der Waals surface area contributed by atoms with Crippen molar-refractivity contribution in [2.24, 2.45) is 11.8 Å². The van der Waals surface area contributed by atoms with E-state index in [4.69, 9.17) is 10.1 Å². The zero-order valence-electron chi connectivity index (χ0n) is 17.8. The average Bonchev–Trinajstić information content (AvgIpc) is 3.23. The lowest BCUT2D eigenvalue weighted by Crippen LogP contribution is -2.48. The van der Waals surface area contributed by atoms with Crippen LogP contribution in [0.25, 0.3) is 28.2 Å². The molecule has 4 aromatic rings. The molecule has 6 rings (SSSR count). The zero-order chi connectivity index (χ0) is 21.5. The summed E-state index contributed by atoms with van der Waals surface area (Å²) in [6.07, 6.45) is 5.97. The van der Waals surface area contributed by atoms with Crippen LogP contribution in [0, 0.1) is 17.7 Å². The van der Waals surface area contributed by atoms with Crippen LogP contribution in [-0.4, -0.2) is 45.8 Å². The summed E-state index contributed by atoms with van der Waals surface area (Å²) in [4.78, 5) is 11.5. The Labute approximate surface area is 186 Å². The molecule has 2 atom stereocenters. The molecule has 0 unspecified atom stereocenters. The van der Waals surface area contributed by atoms with Gasteiger partial charge in [-0.1, -0.05) is 0 Å². The van der Waals surface area contributed by atoms with Gasteiger partial charge in [0.2, 0.25) is 0 Å². The zero-order valence-corrected chi connectivity index (χ0v) is 17.8. The van der Waals surface area contributed by atoms with E-state index in [1.165, 1.54) is 25.0 Å². The van der Waals surface area contributed by atoms with Gasteiger partial charge in [-0.25, -0.2) is 13.9 Å². The van der Waals surface area contributed by atoms with Crippen molar-refractivity contribution in [1.29, 1.82) is 0 Å². The monoisotopic (exact) mass is 428 g/mol. The Bertz CT molecular complexity index is 1240. The first kappa shape index (κ1) is 19.4. The van der Waals surface area contributed by atoms with Crippen molar-refractivity contribution in [1.82, 2.24) is 24.9 Å². The molecule has 3 aromatic heterocycles. The number of benzene rings is 1. The minimum Gasteiger partial charge on any atom is -0.355 e. The van der Waals surface area contributed by atoms with E-state index >= 15 is 0 Å². The van der Waals surface area contributed by atoms with Crippen molar-refractivity contribution in [3.8, 4) is 22.5 Å². The van der Waals surface area contributed by atoms with E-state index in [2.05, 4.69) is 21.3 Å². The van der Waals surface area contributed by atoms with Crippen LogP contribution in [0.5, 0.6) is 0 Å². The van der Waals surface area contributed by atoms with E-state index in [0.717, 1.165) is 72.0 Å². The van der Waals surface area contributed by atoms with Crippen LogP contribution in [0.3, 0.4) is 0 Å². The summed E-state index contributed by atoms with van der Waals surface area (Å²) in [5.41, 5.74) is 4.30. The molecule has 32 heavy (non-hydrogen) atoms. The minimum atomic E-state index is -0.260. The summed E-state index contributed by atoms with van der Waals surface area (Å²) in [5, 5.41) is 8.58. The van der Waals surface area contributed by atoms with Crippen molar-refractivity contribution >= 4 is 11.5 Å². The summed E-state index contributed by atoms with van der Waals surface area (Å²) in [5.74, 6) is 2.21. The van der Waals surface area contributed by atoms with Gasteiger partial charge in [-0.2, -0.15) is 0 Å². The van der Waals surface area contributed by atoms with E-state index in [-0.39, 0.29) is 5.82 Å². The van der Waals surface area contributed by atoms with Crippen LogP contribution in [0.4, 0.5) is 10.2 Å². The lowest BCUT2D eigenvalue weighted by atomic mass is 9.81. The largest absolute Gasteiger partial charge is 0.355 e. The summed E-state index contributed by atoms with van der Waals surface area (Å²) in [6.45, 7) is 4.32. The van der Waals surface area contributed by atoms with E-state index in [9.17, 15) is 4.39 Å². The third kappa shape index (κ3) is 3.42. The van der Waals surface area contributed by atoms with Gasteiger partial charge >= 0.3 is 0 Å². The third-order valence-corrected chi connectivity index (χ3v) is 6.85. The maximum absolute atomic E-state index is 13.6. The number of hydrogen-bond donors (Lipinski definition) is 1. The predicted molar refractivity (Wildman–Crippen MR) is 123 cm³/mol. The molecule has 0 spiro atoms. The van der Waals surface area contributed by atoms with Gasteiger partial charge in [0.15, 0.2) is 5.65 Å². The molecule has 5 heterocycles. The fourth-order valence-corrected chi connectivity index (χ4v) is 5.13. The molecule has 2 aliphatic rings. The van der Waals surface area contributed by atoms with Crippen LogP contribution < -0.4 is 10.2 Å². The maximum atomic E-state index is 13.6. The molecule has 0 aliphatic carbocycles. The first-order chi connectivity index (χ1) is 15.8. The summed E-state index contributed by atoms with van der Waals surface area (Å²) in [7, 11) is 0. The predicted octanol–water partition coefficient (Wildman–Crippen LogP) is 4.03. The minimum absolute atomic E-state index is 0.260. The fourth-order valence-electron chi connectivity index (χ4n) is 5.13. The van der Waals surface area contributed by atoms with Gasteiger partial charge in [0.25, 0.3) is 0 Å². The van der Waals surface area contributed by atoms with E-state index in [1.54, 1.807) is 24.5 Å². The molecule has 0 bridgehead atoms. The number of anilines is 1. The normalized spacial score (nSPS) is 21.0. The number of halogens is 1. The van der Waals surface area contributed by atoms with Crippen LogP contribution in [0.1, 0.15) is 12.8 Å². The molecule has 1 aromatic carbocycles. The van der Waals surface area contributed by atoms with Crippen molar-refractivity contribution in [3.05, 3.63) is 66.7 Å². The van der Waals surface area contributed by atoms with Gasteiger partial charge in [-0.15, -0.1) is 5.10 Å². The van der Waals surface area contributed by atoms with Crippen molar-refractivity contribution < 1.29 is 4.39 Å². The van der Waals surface area contributed by atoms with Gasteiger partial charge in [0.1, 0.15) is 17.3 Å². The molecular formula is C25H25FN6. The molecule has 7 heteroatoms. The second-order valence-corrected chi connectivity index (χ2v) is 8.76. The number of nitrogens with one attached hydrogen (secondary N) is 1. The molecular weight excluding hydrogens is 403 g/mol. The lowest BCUT2D eigenvalue weighted by molar-refractivity contribution is 0.217. The number of nitrogens with zero attached hydrogens (tertiary/aromatic N) is 5. The Hall–Kier alpha value is -3.32. The standard InChI is InChI=1S/C25H25FN6/c26-21-3-1-17(2-4-21)24-25(18-7-11-27-12-8-18)32-22(29-24)5-6-23(30-32)31-14-10-19-15-28-13-9-20(19)16-31/h1-8,11-12,19-20,28H,9-10,13-16H2/t19-,20-/m1/s1. The fraction of sp³-hybridized carbons (Fsp3) is 0.320. The third-order valence-electron chi connectivity index (χ3n) is 6.85. The van der Waals surface area contributed by atoms with Crippen molar-refractivity contribution in [2.45, 2.75) is 12.8 Å². The van der Waals surface area contributed by atoms with Crippen LogP contribution in [0.15, 0.2) is 60.9 Å². The highest BCUT2D eigenvalue weighted by atomic mass is 19.1. The summed E-state index contributed by atoms with van der Waals surface area (Å²) in [6, 6.07) is 14.5. The molecule has 162 valence electrons. The van der Waals surface area contributed by atoms with E-state index in [0.29, 0.717) is 0 Å². The van der Waals surface area contributed by atoms with Gasteiger partial charge in [0.05, 0.1) is 5.69 Å². The van der Waals surface area contributed by atoms with Gasteiger partial charge in [0, 0.05) is 36.6 Å². The van der Waals surface area contributed by atoms with Gasteiger partial charge in [-0.05, 0) is 86.3 Å². The Kier molecular flexibility index (Phi) is 4.83. The molecule has 0 radical (unpaired) electrons. The highest BCUT2D eigenvalue weighted by molar-refractivity contribution is 5.81. The van der Waals surface area contributed by atoms with Gasteiger partial charge < -0.3 is 10.2 Å². The Morgan fingerprint density at radius 1 is 0.906 bits per heavy atom. The van der Waals surface area contributed by atoms with Crippen LogP contribution >= 0.6 is 0 Å². The van der Waals surface area contributed by atoms with E-state index < -0.39 is 0 Å². The molecule has 2 fully saturated rings. The van der Waals surface area contributed by atoms with Crippen LogP contribution in [0.2, 0.25) is 0 Å². The molecule has 6 nitrogen and oxygen atoms in total. The van der Waals surface area contributed by atoms with Gasteiger partial charge in [-0.3, -0.25) is 4.98 Å². The van der Waals surface area contributed by atoms with Crippen LogP contribution in [-0.2, 0) is 0 Å². The Morgan fingerprint density at radius 3 is 2.59 bits per heavy atom. The van der Waals surface area contributed by atoms with Crippen molar-refractivity contribution in [3.63, 3.8) is 0 Å². The first-order valence-corrected chi connectivity index (χ1v) is 11.3. The molecule has 0 saturated carbocycles. The number of pyridine rings is 1. The van der Waals surface area contributed by atoms with Crippen molar-refractivity contribution in [2.75, 3.05) is 31.1 Å². The smallest absolute Gasteiger partial charge is 0.155 e. The Morgan fingerprint density at radius 2 is 1.75 bits per heavy atom. The average molecular weight is 429 g/mol. The number of aromatic nitrogens is 4. The summed E-state index contributed by atoms with van der Waals surface area (Å²) >= 11 is 0. The number of fused-ring (bicyclic) bond motifs is 2.